The van der Waals surface area contributed by atoms with Crippen LogP contribution in [-0.2, 0) is 16.0 Å². The molecule has 3 N–H and O–H groups in total. The maximum absolute atomic E-state index is 11.4. The van der Waals surface area contributed by atoms with Gasteiger partial charge >= 0.3 is 5.97 Å². The predicted octanol–water partition coefficient (Wildman–Crippen LogP) is 4.21. The minimum absolute atomic E-state index is 0.396. The Labute approximate surface area is 168 Å². The summed E-state index contributed by atoms with van der Waals surface area (Å²) in [5.41, 5.74) is 7.95. The lowest BCUT2D eigenvalue weighted by atomic mass is 10.1. The van der Waals surface area contributed by atoms with Crippen LogP contribution in [0.25, 0.3) is 4.85 Å². The molecule has 0 aliphatic heterocycles. The molecule has 0 bridgehead atoms. The Hall–Kier alpha value is -3.89. The minimum Gasteiger partial charge on any atom is -0.468 e. The zero-order chi connectivity index (χ0) is 20.6. The number of nitrogens with two attached hydrogens (primary N) is 1. The van der Waals surface area contributed by atoms with E-state index in [1.165, 1.54) is 7.11 Å². The molecule has 0 aliphatic rings. The summed E-state index contributed by atoms with van der Waals surface area (Å²) in [6, 6.07) is 17.5. The van der Waals surface area contributed by atoms with Gasteiger partial charge in [0.1, 0.15) is 23.4 Å². The van der Waals surface area contributed by atoms with Gasteiger partial charge in [-0.25, -0.2) is 4.85 Å². The van der Waals surface area contributed by atoms with Crippen molar-refractivity contribution in [1.82, 2.24) is 4.98 Å². The summed E-state index contributed by atoms with van der Waals surface area (Å²) in [5.74, 6) is 1.41. The molecular formula is C22H20N4O3. The normalized spacial score (nSPS) is 11.2. The van der Waals surface area contributed by atoms with E-state index in [4.69, 9.17) is 17.0 Å². The van der Waals surface area contributed by atoms with Crippen LogP contribution in [0.2, 0.25) is 0 Å². The smallest absolute Gasteiger partial charge is 0.322 e. The highest BCUT2D eigenvalue weighted by molar-refractivity contribution is 5.75. The molecule has 3 aromatic rings. The third-order valence-electron chi connectivity index (χ3n) is 4.14. The van der Waals surface area contributed by atoms with Crippen molar-refractivity contribution in [2.45, 2.75) is 12.5 Å². The zero-order valence-corrected chi connectivity index (χ0v) is 15.8. The van der Waals surface area contributed by atoms with Crippen molar-refractivity contribution < 1.29 is 14.3 Å². The maximum Gasteiger partial charge on any atom is 0.322 e. The number of hydrogen-bond donors (Lipinski definition) is 2. The molecule has 0 aliphatic carbocycles. The molecular weight excluding hydrogens is 368 g/mol. The molecule has 0 radical (unpaired) electrons. The van der Waals surface area contributed by atoms with Crippen LogP contribution in [0, 0.1) is 6.57 Å². The highest BCUT2D eigenvalue weighted by atomic mass is 16.5. The van der Waals surface area contributed by atoms with Gasteiger partial charge in [-0.1, -0.05) is 24.3 Å². The van der Waals surface area contributed by atoms with Gasteiger partial charge < -0.3 is 20.5 Å². The second-order valence-corrected chi connectivity index (χ2v) is 6.21. The summed E-state index contributed by atoms with van der Waals surface area (Å²) in [6.07, 6.45) is 2.03. The van der Waals surface area contributed by atoms with E-state index in [2.05, 4.69) is 19.9 Å². The fraction of sp³-hybridized carbons (Fsp3) is 0.136. The highest BCUT2D eigenvalue weighted by Gasteiger charge is 2.14. The van der Waals surface area contributed by atoms with Crippen molar-refractivity contribution in [1.29, 1.82) is 0 Å². The first-order chi connectivity index (χ1) is 14.1. The first-order valence-corrected chi connectivity index (χ1v) is 8.89. The zero-order valence-electron chi connectivity index (χ0n) is 15.8. The first kappa shape index (κ1) is 19.9. The van der Waals surface area contributed by atoms with Crippen molar-refractivity contribution in [3.8, 4) is 11.5 Å². The Morgan fingerprint density at radius 1 is 1.14 bits per heavy atom. The van der Waals surface area contributed by atoms with E-state index in [0.29, 0.717) is 29.4 Å². The van der Waals surface area contributed by atoms with Crippen LogP contribution in [-0.4, -0.2) is 24.1 Å². The Kier molecular flexibility index (Phi) is 6.40. The number of carbonyl (C=O) groups is 1. The lowest BCUT2D eigenvalue weighted by molar-refractivity contribution is -0.142. The summed E-state index contributed by atoms with van der Waals surface area (Å²) in [4.78, 5) is 19.0. The van der Waals surface area contributed by atoms with E-state index >= 15 is 0 Å². The SMILES string of the molecule is [C-]#[N+]c1cccnc1Nc1ccc(Oc2ccc(C[C@@H](N)C(=O)OC)cc2)cc1. The molecule has 0 saturated carbocycles. The summed E-state index contributed by atoms with van der Waals surface area (Å²) < 4.78 is 10.5. The van der Waals surface area contributed by atoms with Gasteiger partial charge in [0.15, 0.2) is 0 Å². The van der Waals surface area contributed by atoms with Gasteiger partial charge in [-0.15, -0.1) is 0 Å². The van der Waals surface area contributed by atoms with Crippen molar-refractivity contribution in [3.63, 3.8) is 0 Å². The van der Waals surface area contributed by atoms with Gasteiger partial charge in [0.05, 0.1) is 13.7 Å². The fourth-order valence-electron chi connectivity index (χ4n) is 2.64. The number of nitrogens with zero attached hydrogens (tertiary/aromatic N) is 2. The third kappa shape index (κ3) is 5.31. The van der Waals surface area contributed by atoms with Crippen molar-refractivity contribution in [2.24, 2.45) is 5.73 Å². The third-order valence-corrected chi connectivity index (χ3v) is 4.14. The van der Waals surface area contributed by atoms with Crippen LogP contribution in [0.15, 0.2) is 66.9 Å². The number of anilines is 2. The first-order valence-electron chi connectivity index (χ1n) is 8.89. The fourth-order valence-corrected chi connectivity index (χ4v) is 2.64. The van der Waals surface area contributed by atoms with Crippen LogP contribution in [0.4, 0.5) is 17.2 Å². The lowest BCUT2D eigenvalue weighted by Gasteiger charge is -2.11. The second kappa shape index (κ2) is 9.35. The highest BCUT2D eigenvalue weighted by Crippen LogP contribution is 2.28. The van der Waals surface area contributed by atoms with Crippen LogP contribution >= 0.6 is 0 Å². The van der Waals surface area contributed by atoms with Crippen LogP contribution in [0.3, 0.4) is 0 Å². The average molecular weight is 388 g/mol. The summed E-state index contributed by atoms with van der Waals surface area (Å²) >= 11 is 0. The number of pyridine rings is 1. The van der Waals surface area contributed by atoms with Gasteiger partial charge in [0, 0.05) is 11.9 Å². The molecule has 0 spiro atoms. The average Bonchev–Trinajstić information content (AvgIpc) is 2.76. The minimum atomic E-state index is -0.686. The monoisotopic (exact) mass is 388 g/mol. The Morgan fingerprint density at radius 2 is 1.79 bits per heavy atom. The predicted molar refractivity (Wildman–Crippen MR) is 110 cm³/mol. The quantitative estimate of drug-likeness (QED) is 0.465. The maximum atomic E-state index is 11.4. The Bertz CT molecular complexity index is 1010. The number of esters is 1. The molecule has 3 rings (SSSR count). The Balaban J connectivity index is 1.61. The number of methoxy groups -OCH3 is 1. The van der Waals surface area contributed by atoms with E-state index in [9.17, 15) is 4.79 Å². The van der Waals surface area contributed by atoms with Gasteiger partial charge in [-0.2, -0.15) is 0 Å². The Morgan fingerprint density at radius 3 is 2.41 bits per heavy atom. The van der Waals surface area contributed by atoms with Crippen molar-refractivity contribution in [2.75, 3.05) is 12.4 Å². The van der Waals surface area contributed by atoms with Crippen LogP contribution in [0.1, 0.15) is 5.56 Å². The molecule has 7 heteroatoms. The topological polar surface area (TPSA) is 90.8 Å². The number of carbonyl (C=O) groups excluding carboxylic acids is 1. The molecule has 0 fully saturated rings. The van der Waals surface area contributed by atoms with E-state index in [1.54, 1.807) is 18.3 Å². The van der Waals surface area contributed by atoms with E-state index in [-0.39, 0.29) is 0 Å². The van der Waals surface area contributed by atoms with Gasteiger partial charge in [-0.05, 0) is 48.4 Å². The molecule has 2 aromatic carbocycles. The molecule has 29 heavy (non-hydrogen) atoms. The van der Waals surface area contributed by atoms with Crippen LogP contribution < -0.4 is 15.8 Å². The number of ether oxygens (including phenoxy) is 2. The largest absolute Gasteiger partial charge is 0.468 e. The molecule has 1 heterocycles. The molecule has 0 unspecified atom stereocenters. The van der Waals surface area contributed by atoms with E-state index < -0.39 is 12.0 Å². The number of aromatic nitrogens is 1. The van der Waals surface area contributed by atoms with E-state index in [1.807, 2.05) is 48.5 Å². The molecule has 1 aromatic heterocycles. The molecule has 146 valence electrons. The number of nitrogens with one attached hydrogen (secondary N) is 1. The molecule has 0 saturated heterocycles. The standard InChI is InChI=1S/C22H20N4O3/c1-24-20-4-3-13-25-21(20)26-16-7-11-18(12-8-16)29-17-9-5-15(6-10-17)14-19(23)22(27)28-2/h3-13,19H,14,23H2,2H3,(H,25,26)/t19-/m1/s1. The number of hydrogen-bond acceptors (Lipinski definition) is 6. The van der Waals surface area contributed by atoms with E-state index in [0.717, 1.165) is 11.3 Å². The van der Waals surface area contributed by atoms with Crippen LogP contribution in [0.5, 0.6) is 11.5 Å². The van der Waals surface area contributed by atoms with Gasteiger partial charge in [-0.3, -0.25) is 9.78 Å². The number of rotatable bonds is 7. The molecule has 7 nitrogen and oxygen atoms in total. The van der Waals surface area contributed by atoms with Gasteiger partial charge in [0.25, 0.3) is 0 Å². The summed E-state index contributed by atoms with van der Waals surface area (Å²) in [7, 11) is 1.32. The van der Waals surface area contributed by atoms with Crippen molar-refractivity contribution in [3.05, 3.63) is 83.8 Å². The van der Waals surface area contributed by atoms with Crippen molar-refractivity contribution >= 4 is 23.2 Å². The molecule has 1 atom stereocenters. The molecule has 0 amide bonds. The second-order valence-electron chi connectivity index (χ2n) is 6.21. The number of benzene rings is 2. The van der Waals surface area contributed by atoms with Gasteiger partial charge in [0.2, 0.25) is 5.69 Å². The lowest BCUT2D eigenvalue weighted by Crippen LogP contribution is -2.33. The summed E-state index contributed by atoms with van der Waals surface area (Å²) in [5, 5.41) is 3.12. The summed E-state index contributed by atoms with van der Waals surface area (Å²) in [6.45, 7) is 7.19.